The van der Waals surface area contributed by atoms with Gasteiger partial charge in [0.1, 0.15) is 18.3 Å². The van der Waals surface area contributed by atoms with Crippen LogP contribution in [0.2, 0.25) is 0 Å². The molecule has 3 aliphatic heterocycles. The third-order valence-electron chi connectivity index (χ3n) is 12.2. The van der Waals surface area contributed by atoms with E-state index >= 15 is 0 Å². The molecule has 0 spiro atoms. The van der Waals surface area contributed by atoms with E-state index in [4.69, 9.17) is 28.4 Å². The van der Waals surface area contributed by atoms with Gasteiger partial charge in [-0.15, -0.1) is 0 Å². The molecule has 3 heterocycles. The van der Waals surface area contributed by atoms with Crippen molar-refractivity contribution in [2.24, 2.45) is 23.7 Å². The zero-order valence-corrected chi connectivity index (χ0v) is 33.8. The second kappa shape index (κ2) is 18.1. The van der Waals surface area contributed by atoms with Gasteiger partial charge in [-0.1, -0.05) is 27.7 Å². The minimum absolute atomic E-state index is 0.0490. The average molecular weight is 733 g/mol. The van der Waals surface area contributed by atoms with Gasteiger partial charge in [-0.05, 0) is 87.9 Å². The van der Waals surface area contributed by atoms with E-state index < -0.39 is 84.3 Å². The highest BCUT2D eigenvalue weighted by Gasteiger charge is 2.51. The van der Waals surface area contributed by atoms with Gasteiger partial charge in [-0.25, -0.2) is 0 Å². The topological polar surface area (TPSA) is 160 Å². The zero-order chi connectivity index (χ0) is 38.7. The lowest BCUT2D eigenvalue weighted by Gasteiger charge is -2.48. The lowest BCUT2D eigenvalue weighted by Crippen LogP contribution is -2.60. The fraction of sp³-hybridized carbons (Fsp3) is 0.974. The summed E-state index contributed by atoms with van der Waals surface area (Å²) in [5, 5.41) is 46.4. The molecule has 3 fully saturated rings. The fourth-order valence-electron chi connectivity index (χ4n) is 8.69. The number of nitrogens with zero attached hydrogens (tertiary/aromatic N) is 2. The van der Waals surface area contributed by atoms with E-state index in [1.165, 1.54) is 7.11 Å². The van der Waals surface area contributed by atoms with Crippen LogP contribution in [0, 0.1) is 23.7 Å². The first-order chi connectivity index (χ1) is 23.6. The molecule has 0 saturated carbocycles. The Balaban J connectivity index is 2.15. The summed E-state index contributed by atoms with van der Waals surface area (Å²) < 4.78 is 37.8. The number of aliphatic hydroxyl groups is 4. The smallest absolute Gasteiger partial charge is 0.311 e. The van der Waals surface area contributed by atoms with Crippen LogP contribution in [0.15, 0.2) is 0 Å². The molecule has 0 aromatic rings. The number of hydrogen-bond donors (Lipinski definition) is 4. The van der Waals surface area contributed by atoms with Gasteiger partial charge >= 0.3 is 5.97 Å². The summed E-state index contributed by atoms with van der Waals surface area (Å²) in [6.45, 7) is 19.2. The first kappa shape index (κ1) is 44.4. The van der Waals surface area contributed by atoms with Crippen LogP contribution < -0.4 is 0 Å². The van der Waals surface area contributed by atoms with E-state index in [0.29, 0.717) is 25.8 Å². The number of hydrogen-bond acceptors (Lipinski definition) is 13. The van der Waals surface area contributed by atoms with Crippen LogP contribution in [-0.2, 0) is 33.2 Å². The highest BCUT2D eigenvalue weighted by Crippen LogP contribution is 2.40. The second-order valence-electron chi connectivity index (χ2n) is 16.9. The number of aliphatic hydroxyl groups excluding tert-OH is 3. The standard InChI is InChI=1S/C38H72N2O11/c1-15-28-22(4)30(41)25(7)40(13)19-20(2)17-37(9,45)34(51-36-31(42)27(39(11)12)16-21(3)47-36)23(5)32(24(6)35(44)49-28)50-29-18-38(10,46-14)33(43)26(8)48-29/h20-34,36,41-43,45H,15-19H2,1-14H3/t20-,21-,22+,23+,24-,25?,26+,27+,28-,29+,30+,31-,32+,33+,34?,36+,37-,38-/m1/s1. The Morgan fingerprint density at radius 1 is 0.941 bits per heavy atom. The van der Waals surface area contributed by atoms with Crippen molar-refractivity contribution in [3.8, 4) is 0 Å². The molecule has 0 aromatic heterocycles. The zero-order valence-electron chi connectivity index (χ0n) is 33.8. The number of carbonyl (C=O) groups is 1. The molecular weight excluding hydrogens is 660 g/mol. The number of ether oxygens (including phenoxy) is 6. The van der Waals surface area contributed by atoms with E-state index in [9.17, 15) is 25.2 Å². The van der Waals surface area contributed by atoms with Gasteiger partial charge in [0.25, 0.3) is 0 Å². The Bertz CT molecular complexity index is 1100. The van der Waals surface area contributed by atoms with E-state index in [2.05, 4.69) is 11.8 Å². The van der Waals surface area contributed by atoms with Crippen LogP contribution in [0.25, 0.3) is 0 Å². The molecule has 0 radical (unpaired) electrons. The van der Waals surface area contributed by atoms with Gasteiger partial charge in [-0.2, -0.15) is 0 Å². The quantitative estimate of drug-likeness (QED) is 0.284. The molecule has 51 heavy (non-hydrogen) atoms. The molecular formula is C38H72N2O11. The Hall–Kier alpha value is -0.970. The predicted octanol–water partition coefficient (Wildman–Crippen LogP) is 2.79. The number of rotatable bonds is 7. The summed E-state index contributed by atoms with van der Waals surface area (Å²) in [7, 11) is 7.28. The average Bonchev–Trinajstić information content (AvgIpc) is 3.05. The Labute approximate surface area is 307 Å². The molecule has 13 heteroatoms. The summed E-state index contributed by atoms with van der Waals surface area (Å²) in [6.07, 6.45) is -6.42. The van der Waals surface area contributed by atoms with Gasteiger partial charge in [0.05, 0.1) is 47.6 Å². The van der Waals surface area contributed by atoms with Crippen molar-refractivity contribution in [2.45, 2.75) is 180 Å². The molecule has 3 aliphatic rings. The van der Waals surface area contributed by atoms with E-state index in [-0.39, 0.29) is 36.4 Å². The van der Waals surface area contributed by atoms with Crippen molar-refractivity contribution >= 4 is 5.97 Å². The maximum Gasteiger partial charge on any atom is 0.311 e. The summed E-state index contributed by atoms with van der Waals surface area (Å²) in [5.74, 6) is -2.48. The van der Waals surface area contributed by atoms with E-state index in [1.807, 2.05) is 60.7 Å². The second-order valence-corrected chi connectivity index (χ2v) is 16.9. The molecule has 3 saturated heterocycles. The third-order valence-corrected chi connectivity index (χ3v) is 12.2. The third kappa shape index (κ3) is 10.4. The summed E-state index contributed by atoms with van der Waals surface area (Å²) in [4.78, 5) is 18.2. The minimum Gasteiger partial charge on any atom is -0.462 e. The summed E-state index contributed by atoms with van der Waals surface area (Å²) in [6, 6.07) is -0.498. The number of esters is 1. The Kier molecular flexibility index (Phi) is 15.8. The van der Waals surface area contributed by atoms with Crippen LogP contribution in [-0.4, -0.2) is 156 Å². The molecule has 0 aliphatic carbocycles. The monoisotopic (exact) mass is 733 g/mol. The van der Waals surface area contributed by atoms with Gasteiger partial charge in [-0.3, -0.25) is 4.79 Å². The fourth-order valence-corrected chi connectivity index (χ4v) is 8.69. The maximum absolute atomic E-state index is 14.2. The Morgan fingerprint density at radius 3 is 2.14 bits per heavy atom. The van der Waals surface area contributed by atoms with E-state index in [0.717, 1.165) is 0 Å². The van der Waals surface area contributed by atoms with Crippen LogP contribution in [0.3, 0.4) is 0 Å². The molecule has 0 bridgehead atoms. The first-order valence-corrected chi connectivity index (χ1v) is 19.1. The summed E-state index contributed by atoms with van der Waals surface area (Å²) in [5.41, 5.74) is -2.48. The SMILES string of the molecule is CC[C@H]1OC(=O)[C@H](C)[C@@H](O[C@H]2C[C@@](C)(OC)[C@@H](O)[C@H](C)O2)[C@H](C)C(O[C@@H]2O[C@H](C)C[C@H](N(C)C)[C@H]2O)[C@](C)(O)C[C@@H](C)CN(C)C(C)[C@@H](O)[C@H]1C. The van der Waals surface area contributed by atoms with Crippen LogP contribution in [0.1, 0.15) is 94.9 Å². The van der Waals surface area contributed by atoms with Gasteiger partial charge in [0.2, 0.25) is 0 Å². The number of cyclic esters (lactones) is 1. The minimum atomic E-state index is -1.50. The van der Waals surface area contributed by atoms with Crippen molar-refractivity contribution in [1.82, 2.24) is 9.80 Å². The molecule has 4 N–H and O–H groups in total. The van der Waals surface area contributed by atoms with Crippen molar-refractivity contribution in [3.05, 3.63) is 0 Å². The molecule has 0 aromatic carbocycles. The molecule has 0 amide bonds. The normalized spacial score (nSPS) is 48.9. The lowest BCUT2D eigenvalue weighted by molar-refractivity contribution is -0.317. The van der Waals surface area contributed by atoms with Crippen molar-refractivity contribution in [1.29, 1.82) is 0 Å². The molecule has 13 nitrogen and oxygen atoms in total. The van der Waals surface area contributed by atoms with Crippen LogP contribution >= 0.6 is 0 Å². The van der Waals surface area contributed by atoms with Crippen molar-refractivity contribution in [2.75, 3.05) is 34.8 Å². The lowest BCUT2D eigenvalue weighted by atomic mass is 9.77. The Morgan fingerprint density at radius 2 is 1.57 bits per heavy atom. The highest BCUT2D eigenvalue weighted by molar-refractivity contribution is 5.73. The predicted molar refractivity (Wildman–Crippen MR) is 193 cm³/mol. The molecule has 2 unspecified atom stereocenters. The maximum atomic E-state index is 14.2. The van der Waals surface area contributed by atoms with E-state index in [1.54, 1.807) is 27.7 Å². The molecule has 18 atom stereocenters. The number of likely N-dealkylation sites (N-methyl/N-ethyl adjacent to an activating group) is 2. The first-order valence-electron chi connectivity index (χ1n) is 19.1. The van der Waals surface area contributed by atoms with Crippen LogP contribution in [0.4, 0.5) is 0 Å². The number of methoxy groups -OCH3 is 1. The molecule has 3 rings (SSSR count). The highest BCUT2D eigenvalue weighted by atomic mass is 16.7. The van der Waals surface area contributed by atoms with Gasteiger partial charge in [0, 0.05) is 44.0 Å². The van der Waals surface area contributed by atoms with Crippen molar-refractivity contribution < 1.29 is 53.6 Å². The number of carbonyl (C=O) groups excluding carboxylic acids is 1. The molecule has 300 valence electrons. The van der Waals surface area contributed by atoms with Gasteiger partial charge in [0.15, 0.2) is 12.6 Å². The largest absolute Gasteiger partial charge is 0.462 e. The van der Waals surface area contributed by atoms with Crippen molar-refractivity contribution in [3.63, 3.8) is 0 Å². The van der Waals surface area contributed by atoms with Gasteiger partial charge < -0.3 is 58.6 Å². The summed E-state index contributed by atoms with van der Waals surface area (Å²) >= 11 is 0. The van der Waals surface area contributed by atoms with Crippen LogP contribution in [0.5, 0.6) is 0 Å².